The van der Waals surface area contributed by atoms with Crippen LogP contribution in [0.15, 0.2) is 6.33 Å². The molecule has 1 aliphatic rings. The summed E-state index contributed by atoms with van der Waals surface area (Å²) in [5.74, 6) is 1.03. The highest BCUT2D eigenvalue weighted by Crippen LogP contribution is 2.29. The number of thiazole rings is 1. The molecule has 0 fully saturated rings. The number of hydrogen-bond acceptors (Lipinski definition) is 6. The third kappa shape index (κ3) is 3.08. The topological polar surface area (TPSA) is 58.9 Å². The summed E-state index contributed by atoms with van der Waals surface area (Å²) in [6.07, 6.45) is 3.96. The van der Waals surface area contributed by atoms with Crippen molar-refractivity contribution in [3.05, 3.63) is 22.7 Å². The van der Waals surface area contributed by atoms with Crippen molar-refractivity contribution in [1.29, 1.82) is 0 Å². The maximum atomic E-state index is 4.84. The maximum absolute atomic E-state index is 4.84. The van der Waals surface area contributed by atoms with Crippen molar-refractivity contribution in [2.45, 2.75) is 46.3 Å². The fourth-order valence-corrected chi connectivity index (χ4v) is 3.67. The van der Waals surface area contributed by atoms with E-state index in [1.807, 2.05) is 17.7 Å². The molecule has 0 saturated heterocycles. The third-order valence-electron chi connectivity index (χ3n) is 3.72. The van der Waals surface area contributed by atoms with E-state index in [2.05, 4.69) is 38.8 Å². The average Bonchev–Trinajstić information content (AvgIpc) is 3.13. The lowest BCUT2D eigenvalue weighted by atomic mass is 10.3. The van der Waals surface area contributed by atoms with Crippen LogP contribution in [0.2, 0.25) is 0 Å². The lowest BCUT2D eigenvalue weighted by Crippen LogP contribution is -2.33. The van der Waals surface area contributed by atoms with Crippen molar-refractivity contribution in [3.63, 3.8) is 0 Å². The van der Waals surface area contributed by atoms with E-state index in [0.717, 1.165) is 56.5 Å². The highest BCUT2D eigenvalue weighted by molar-refractivity contribution is 7.15. The number of rotatable bonds is 6. The summed E-state index contributed by atoms with van der Waals surface area (Å²) in [5.41, 5.74) is 1.23. The van der Waals surface area contributed by atoms with Gasteiger partial charge in [-0.1, -0.05) is 13.8 Å². The molecule has 0 aromatic carbocycles. The summed E-state index contributed by atoms with van der Waals surface area (Å²) >= 11 is 1.81. The van der Waals surface area contributed by atoms with Gasteiger partial charge in [-0.2, -0.15) is 0 Å². The number of fused-ring (bicyclic) bond motifs is 1. The van der Waals surface area contributed by atoms with Crippen LogP contribution >= 0.6 is 11.3 Å². The molecule has 0 aliphatic carbocycles. The van der Waals surface area contributed by atoms with Crippen molar-refractivity contribution in [2.24, 2.45) is 0 Å². The third-order valence-corrected chi connectivity index (χ3v) is 4.88. The smallest absolute Gasteiger partial charge is 0.186 e. The summed E-state index contributed by atoms with van der Waals surface area (Å²) < 4.78 is 2.12. The van der Waals surface area contributed by atoms with Crippen molar-refractivity contribution < 1.29 is 0 Å². The molecule has 114 valence electrons. The Labute approximate surface area is 129 Å². The Balaban J connectivity index is 1.74. The summed E-state index contributed by atoms with van der Waals surface area (Å²) in [6.45, 7) is 9.07. The maximum Gasteiger partial charge on any atom is 0.186 e. The SMILES string of the molecule is CCCNCc1sc(N2CCn3cnnc3C2)nc1CC. The van der Waals surface area contributed by atoms with Gasteiger partial charge in [-0.25, -0.2) is 4.98 Å². The number of nitrogens with one attached hydrogen (secondary N) is 1. The van der Waals surface area contributed by atoms with E-state index in [4.69, 9.17) is 4.98 Å². The zero-order chi connectivity index (χ0) is 14.7. The first-order valence-electron chi connectivity index (χ1n) is 7.62. The fraction of sp³-hybridized carbons (Fsp3) is 0.643. The molecule has 1 N–H and O–H groups in total. The minimum atomic E-state index is 0.804. The molecular formula is C14H22N6S. The van der Waals surface area contributed by atoms with Gasteiger partial charge >= 0.3 is 0 Å². The molecule has 0 atom stereocenters. The molecule has 2 aromatic rings. The van der Waals surface area contributed by atoms with Crippen LogP contribution in [0.5, 0.6) is 0 Å². The number of nitrogens with zero attached hydrogens (tertiary/aromatic N) is 5. The first kappa shape index (κ1) is 14.5. The molecule has 0 amide bonds. The Kier molecular flexibility index (Phi) is 4.50. The molecule has 0 bridgehead atoms. The van der Waals surface area contributed by atoms with Gasteiger partial charge in [-0.05, 0) is 19.4 Å². The lowest BCUT2D eigenvalue weighted by Gasteiger charge is -2.26. The van der Waals surface area contributed by atoms with Crippen molar-refractivity contribution in [2.75, 3.05) is 18.0 Å². The number of anilines is 1. The Morgan fingerprint density at radius 2 is 2.24 bits per heavy atom. The molecule has 3 heterocycles. The normalized spacial score (nSPS) is 14.5. The van der Waals surface area contributed by atoms with E-state index in [1.165, 1.54) is 10.6 Å². The van der Waals surface area contributed by atoms with Crippen LogP contribution in [0.1, 0.15) is 36.7 Å². The van der Waals surface area contributed by atoms with Crippen LogP contribution < -0.4 is 10.2 Å². The van der Waals surface area contributed by atoms with Crippen LogP contribution in [0, 0.1) is 0 Å². The van der Waals surface area contributed by atoms with Crippen LogP contribution in [-0.2, 0) is 26.1 Å². The number of aromatic nitrogens is 4. The summed E-state index contributed by atoms with van der Waals surface area (Å²) in [5, 5.41) is 12.8. The molecule has 21 heavy (non-hydrogen) atoms. The van der Waals surface area contributed by atoms with Gasteiger partial charge in [0.05, 0.1) is 12.2 Å². The molecule has 0 spiro atoms. The molecule has 0 unspecified atom stereocenters. The van der Waals surface area contributed by atoms with Crippen LogP contribution in [-0.4, -0.2) is 32.8 Å². The summed E-state index contributed by atoms with van der Waals surface area (Å²) in [7, 11) is 0. The van der Waals surface area contributed by atoms with E-state index in [1.54, 1.807) is 0 Å². The highest BCUT2D eigenvalue weighted by Gasteiger charge is 2.21. The summed E-state index contributed by atoms with van der Waals surface area (Å²) in [4.78, 5) is 8.52. The van der Waals surface area contributed by atoms with Gasteiger partial charge in [0, 0.05) is 24.5 Å². The first-order chi connectivity index (χ1) is 10.3. The van der Waals surface area contributed by atoms with Crippen LogP contribution in [0.3, 0.4) is 0 Å². The molecule has 2 aromatic heterocycles. The van der Waals surface area contributed by atoms with E-state index in [9.17, 15) is 0 Å². The van der Waals surface area contributed by atoms with E-state index in [-0.39, 0.29) is 0 Å². The number of aryl methyl sites for hydroxylation is 1. The zero-order valence-corrected chi connectivity index (χ0v) is 13.5. The molecule has 3 rings (SSSR count). The van der Waals surface area contributed by atoms with Crippen molar-refractivity contribution >= 4 is 16.5 Å². The fourth-order valence-electron chi connectivity index (χ4n) is 2.53. The van der Waals surface area contributed by atoms with Crippen molar-refractivity contribution in [1.82, 2.24) is 25.1 Å². The molecule has 7 heteroatoms. The van der Waals surface area contributed by atoms with Gasteiger partial charge < -0.3 is 14.8 Å². The van der Waals surface area contributed by atoms with E-state index < -0.39 is 0 Å². The molecule has 0 saturated carbocycles. The van der Waals surface area contributed by atoms with Gasteiger partial charge in [0.25, 0.3) is 0 Å². The Bertz CT molecular complexity index is 590. The quantitative estimate of drug-likeness (QED) is 0.825. The van der Waals surface area contributed by atoms with E-state index in [0.29, 0.717) is 0 Å². The standard InChI is InChI=1S/C14H22N6S/c1-3-5-15-8-12-11(4-2)17-14(21-12)19-6-7-20-10-16-18-13(20)9-19/h10,15H,3-9H2,1-2H3. The van der Waals surface area contributed by atoms with Crippen LogP contribution in [0.25, 0.3) is 0 Å². The predicted molar refractivity (Wildman–Crippen MR) is 84.6 cm³/mol. The minimum absolute atomic E-state index is 0.804. The molecule has 0 radical (unpaired) electrons. The van der Waals surface area contributed by atoms with Gasteiger partial charge in [0.15, 0.2) is 11.0 Å². The second kappa shape index (κ2) is 6.53. The van der Waals surface area contributed by atoms with Crippen molar-refractivity contribution in [3.8, 4) is 0 Å². The molecule has 6 nitrogen and oxygen atoms in total. The zero-order valence-electron chi connectivity index (χ0n) is 12.7. The second-order valence-electron chi connectivity index (χ2n) is 5.26. The highest BCUT2D eigenvalue weighted by atomic mass is 32.1. The summed E-state index contributed by atoms with van der Waals surface area (Å²) in [6, 6.07) is 0. The molecule has 1 aliphatic heterocycles. The van der Waals surface area contributed by atoms with Gasteiger partial charge in [0.2, 0.25) is 0 Å². The number of hydrogen-bond donors (Lipinski definition) is 1. The van der Waals surface area contributed by atoms with E-state index >= 15 is 0 Å². The lowest BCUT2D eigenvalue weighted by molar-refractivity contribution is 0.559. The monoisotopic (exact) mass is 306 g/mol. The Morgan fingerprint density at radius 3 is 3.05 bits per heavy atom. The first-order valence-corrected chi connectivity index (χ1v) is 8.44. The molecular weight excluding hydrogens is 284 g/mol. The van der Waals surface area contributed by atoms with Gasteiger partial charge in [-0.15, -0.1) is 21.5 Å². The van der Waals surface area contributed by atoms with Gasteiger partial charge in [0.1, 0.15) is 6.33 Å². The average molecular weight is 306 g/mol. The van der Waals surface area contributed by atoms with Crippen LogP contribution in [0.4, 0.5) is 5.13 Å². The largest absolute Gasteiger partial charge is 0.339 e. The Hall–Kier alpha value is -1.47. The second-order valence-corrected chi connectivity index (χ2v) is 6.32. The Morgan fingerprint density at radius 1 is 1.33 bits per heavy atom. The predicted octanol–water partition coefficient (Wildman–Crippen LogP) is 1.82. The minimum Gasteiger partial charge on any atom is -0.339 e. The van der Waals surface area contributed by atoms with Gasteiger partial charge in [-0.3, -0.25) is 0 Å².